The van der Waals surface area contributed by atoms with Crippen molar-refractivity contribution < 1.29 is 4.79 Å². The zero-order chi connectivity index (χ0) is 15.7. The third-order valence-electron chi connectivity index (χ3n) is 4.29. The zero-order valence-corrected chi connectivity index (χ0v) is 12.8. The van der Waals surface area contributed by atoms with E-state index in [2.05, 4.69) is 9.97 Å². The summed E-state index contributed by atoms with van der Waals surface area (Å²) in [7, 11) is 0. The van der Waals surface area contributed by atoms with E-state index < -0.39 is 5.54 Å². The summed E-state index contributed by atoms with van der Waals surface area (Å²) in [5, 5.41) is 0. The van der Waals surface area contributed by atoms with Crippen LogP contribution in [0.3, 0.4) is 0 Å². The van der Waals surface area contributed by atoms with Crippen molar-refractivity contribution in [1.29, 1.82) is 0 Å². The van der Waals surface area contributed by atoms with Gasteiger partial charge in [-0.3, -0.25) is 9.59 Å². The highest BCUT2D eigenvalue weighted by Crippen LogP contribution is 2.37. The number of nitrogens with one attached hydrogen (secondary N) is 1. The van der Waals surface area contributed by atoms with Crippen LogP contribution in [0.4, 0.5) is 0 Å². The molecular formula is C17H19N3O2. The fraction of sp³-hybridized carbons (Fsp3) is 0.353. The number of benzene rings is 1. The Labute approximate surface area is 129 Å². The van der Waals surface area contributed by atoms with Gasteiger partial charge in [0.1, 0.15) is 5.82 Å². The fourth-order valence-corrected chi connectivity index (χ4v) is 3.11. The Morgan fingerprint density at radius 2 is 2.05 bits per heavy atom. The molecule has 0 spiro atoms. The molecule has 114 valence electrons. The largest absolute Gasteiger partial charge is 0.326 e. The summed E-state index contributed by atoms with van der Waals surface area (Å²) in [6.07, 6.45) is 1.69. The van der Waals surface area contributed by atoms with E-state index in [9.17, 15) is 9.59 Å². The van der Waals surface area contributed by atoms with Gasteiger partial charge in [-0.25, -0.2) is 4.98 Å². The molecule has 1 N–H and O–H groups in total. The Bertz CT molecular complexity index is 754. The molecule has 3 rings (SSSR count). The smallest absolute Gasteiger partial charge is 0.254 e. The summed E-state index contributed by atoms with van der Waals surface area (Å²) in [4.78, 5) is 33.7. The second-order valence-electron chi connectivity index (χ2n) is 5.94. The quantitative estimate of drug-likeness (QED) is 0.924. The molecule has 2 aromatic rings. The maximum Gasteiger partial charge on any atom is 0.254 e. The molecule has 1 amide bonds. The number of rotatable bonds is 2. The average Bonchev–Trinajstić information content (AvgIpc) is 2.90. The van der Waals surface area contributed by atoms with E-state index in [1.165, 1.54) is 6.07 Å². The number of H-pyrrole nitrogens is 1. The van der Waals surface area contributed by atoms with Crippen LogP contribution in [-0.4, -0.2) is 27.3 Å². The molecule has 1 aromatic carbocycles. The van der Waals surface area contributed by atoms with Gasteiger partial charge in [-0.1, -0.05) is 18.2 Å². The van der Waals surface area contributed by atoms with Gasteiger partial charge < -0.3 is 9.88 Å². The average molecular weight is 297 g/mol. The molecule has 2 heterocycles. The SMILES string of the molecule is Cc1cc(=O)[nH]c([C@@]2(C)CCCN2C(=O)c2ccccc2)n1. The lowest BCUT2D eigenvalue weighted by Crippen LogP contribution is -2.44. The summed E-state index contributed by atoms with van der Waals surface area (Å²) in [5.74, 6) is 0.545. The van der Waals surface area contributed by atoms with Gasteiger partial charge in [-0.05, 0) is 38.8 Å². The van der Waals surface area contributed by atoms with Gasteiger partial charge in [0.25, 0.3) is 11.5 Å². The van der Waals surface area contributed by atoms with Gasteiger partial charge in [-0.2, -0.15) is 0 Å². The van der Waals surface area contributed by atoms with Crippen molar-refractivity contribution >= 4 is 5.91 Å². The Hall–Kier alpha value is -2.43. The Kier molecular flexibility index (Phi) is 3.56. The number of aromatic amines is 1. The highest BCUT2D eigenvalue weighted by Gasteiger charge is 2.43. The van der Waals surface area contributed by atoms with E-state index in [4.69, 9.17) is 0 Å². The van der Waals surface area contributed by atoms with Crippen LogP contribution in [0.15, 0.2) is 41.2 Å². The van der Waals surface area contributed by atoms with Crippen molar-refractivity contribution in [2.24, 2.45) is 0 Å². The molecule has 1 atom stereocenters. The first-order chi connectivity index (χ1) is 10.5. The lowest BCUT2D eigenvalue weighted by atomic mass is 9.96. The van der Waals surface area contributed by atoms with Crippen molar-refractivity contribution in [1.82, 2.24) is 14.9 Å². The number of aryl methyl sites for hydroxylation is 1. The third kappa shape index (κ3) is 2.43. The number of hydrogen-bond acceptors (Lipinski definition) is 3. The first-order valence-electron chi connectivity index (χ1n) is 7.46. The third-order valence-corrected chi connectivity index (χ3v) is 4.29. The molecule has 5 heteroatoms. The topological polar surface area (TPSA) is 66.1 Å². The second-order valence-corrected chi connectivity index (χ2v) is 5.94. The molecule has 1 fully saturated rings. The van der Waals surface area contributed by atoms with Crippen LogP contribution in [0.1, 0.15) is 41.6 Å². The van der Waals surface area contributed by atoms with Gasteiger partial charge in [0.2, 0.25) is 0 Å². The lowest BCUT2D eigenvalue weighted by molar-refractivity contribution is 0.0603. The normalized spacial score (nSPS) is 21.1. The van der Waals surface area contributed by atoms with Crippen LogP contribution in [0, 0.1) is 6.92 Å². The molecule has 5 nitrogen and oxygen atoms in total. The molecule has 22 heavy (non-hydrogen) atoms. The van der Waals surface area contributed by atoms with Crippen LogP contribution in [0.5, 0.6) is 0 Å². The van der Waals surface area contributed by atoms with Gasteiger partial charge in [0.05, 0.1) is 5.54 Å². The summed E-state index contributed by atoms with van der Waals surface area (Å²) in [6.45, 7) is 4.43. The van der Waals surface area contributed by atoms with Crippen molar-refractivity contribution in [2.75, 3.05) is 6.54 Å². The van der Waals surface area contributed by atoms with Gasteiger partial charge >= 0.3 is 0 Å². The number of amides is 1. The Morgan fingerprint density at radius 3 is 2.73 bits per heavy atom. The van der Waals surface area contributed by atoms with Gasteiger partial charge in [-0.15, -0.1) is 0 Å². The van der Waals surface area contributed by atoms with E-state index in [-0.39, 0.29) is 11.5 Å². The van der Waals surface area contributed by atoms with Gasteiger partial charge in [0.15, 0.2) is 0 Å². The standard InChI is InChI=1S/C17H19N3O2/c1-12-11-14(21)19-16(18-12)17(2)9-6-10-20(17)15(22)13-7-4-3-5-8-13/h3-5,7-8,11H,6,9-10H2,1-2H3,(H,18,19,21)/t17-/m1/s1. The van der Waals surface area contributed by atoms with E-state index in [1.54, 1.807) is 6.92 Å². The minimum absolute atomic E-state index is 0.0234. The van der Waals surface area contributed by atoms with Crippen LogP contribution in [-0.2, 0) is 5.54 Å². The molecular weight excluding hydrogens is 278 g/mol. The molecule has 1 saturated heterocycles. The first kappa shape index (κ1) is 14.5. The number of aromatic nitrogens is 2. The van der Waals surface area contributed by atoms with Crippen molar-refractivity contribution in [3.8, 4) is 0 Å². The summed E-state index contributed by atoms with van der Waals surface area (Å²) < 4.78 is 0. The monoisotopic (exact) mass is 297 g/mol. The number of carbonyl (C=O) groups is 1. The maximum atomic E-state index is 12.8. The van der Waals surface area contributed by atoms with Crippen molar-refractivity contribution in [3.63, 3.8) is 0 Å². The summed E-state index contributed by atoms with van der Waals surface area (Å²) in [5.41, 5.74) is 0.574. The minimum atomic E-state index is -0.571. The van der Waals surface area contributed by atoms with Crippen molar-refractivity contribution in [2.45, 2.75) is 32.2 Å². The van der Waals surface area contributed by atoms with Crippen LogP contribution >= 0.6 is 0 Å². The lowest BCUT2D eigenvalue weighted by Gasteiger charge is -2.34. The minimum Gasteiger partial charge on any atom is -0.326 e. The number of nitrogens with zero attached hydrogens (tertiary/aromatic N) is 2. The molecule has 0 unspecified atom stereocenters. The second kappa shape index (κ2) is 5.40. The zero-order valence-electron chi connectivity index (χ0n) is 12.8. The highest BCUT2D eigenvalue weighted by molar-refractivity contribution is 5.94. The fourth-order valence-electron chi connectivity index (χ4n) is 3.11. The number of likely N-dealkylation sites (tertiary alicyclic amines) is 1. The number of carbonyl (C=O) groups excluding carboxylic acids is 1. The predicted molar refractivity (Wildman–Crippen MR) is 83.7 cm³/mol. The number of hydrogen-bond donors (Lipinski definition) is 1. The van der Waals surface area contributed by atoms with Crippen LogP contribution in [0.25, 0.3) is 0 Å². The molecule has 1 aliphatic heterocycles. The first-order valence-corrected chi connectivity index (χ1v) is 7.46. The van der Waals surface area contributed by atoms with E-state index >= 15 is 0 Å². The van der Waals surface area contributed by atoms with Crippen molar-refractivity contribution in [3.05, 3.63) is 63.8 Å². The molecule has 0 radical (unpaired) electrons. The summed E-state index contributed by atoms with van der Waals surface area (Å²) in [6, 6.07) is 10.7. The molecule has 0 bridgehead atoms. The Balaban J connectivity index is 2.01. The predicted octanol–water partition coefficient (Wildman–Crippen LogP) is 2.23. The highest BCUT2D eigenvalue weighted by atomic mass is 16.2. The van der Waals surface area contributed by atoms with E-state index in [0.29, 0.717) is 23.6 Å². The molecule has 0 aliphatic carbocycles. The van der Waals surface area contributed by atoms with E-state index in [0.717, 1.165) is 12.8 Å². The molecule has 0 saturated carbocycles. The van der Waals surface area contributed by atoms with Gasteiger partial charge in [0, 0.05) is 23.9 Å². The van der Waals surface area contributed by atoms with Crippen LogP contribution < -0.4 is 5.56 Å². The molecule has 1 aromatic heterocycles. The Morgan fingerprint density at radius 1 is 1.32 bits per heavy atom. The maximum absolute atomic E-state index is 12.8. The molecule has 1 aliphatic rings. The van der Waals surface area contributed by atoms with E-state index in [1.807, 2.05) is 42.2 Å². The van der Waals surface area contributed by atoms with Crippen LogP contribution in [0.2, 0.25) is 0 Å². The summed E-state index contributed by atoms with van der Waals surface area (Å²) >= 11 is 0.